The van der Waals surface area contributed by atoms with Gasteiger partial charge in [-0.1, -0.05) is 12.5 Å². The van der Waals surface area contributed by atoms with Gasteiger partial charge in [-0.2, -0.15) is 0 Å². The molecule has 0 aliphatic heterocycles. The van der Waals surface area contributed by atoms with Crippen molar-refractivity contribution in [2.24, 2.45) is 11.7 Å². The molecule has 1 aliphatic carbocycles. The molecule has 1 aromatic heterocycles. The summed E-state index contributed by atoms with van der Waals surface area (Å²) in [6, 6.07) is 7.91. The molecule has 1 fully saturated rings. The Morgan fingerprint density at radius 2 is 2.05 bits per heavy atom. The van der Waals surface area contributed by atoms with Crippen molar-refractivity contribution >= 4 is 10.8 Å². The van der Waals surface area contributed by atoms with Crippen molar-refractivity contribution in [1.29, 1.82) is 0 Å². The molecule has 3 rings (SSSR count). The zero-order chi connectivity index (χ0) is 14.7. The fraction of sp³-hybridized carbons (Fsp3) is 0.471. The first kappa shape index (κ1) is 14.1. The number of hydrogen-bond donors (Lipinski definition) is 1. The molecule has 0 spiro atoms. The van der Waals surface area contributed by atoms with Gasteiger partial charge in [-0.15, -0.1) is 0 Å². The minimum Gasteiger partial charge on any atom is -0.496 e. The largest absolute Gasteiger partial charge is 0.496 e. The average molecular weight is 286 g/mol. The molecule has 4 nitrogen and oxygen atoms in total. The van der Waals surface area contributed by atoms with Crippen molar-refractivity contribution in [3.8, 4) is 11.6 Å². The molecule has 2 unspecified atom stereocenters. The number of nitrogens with two attached hydrogens (primary N) is 1. The Morgan fingerprint density at radius 1 is 1.19 bits per heavy atom. The fourth-order valence-electron chi connectivity index (χ4n) is 3.17. The third-order valence-corrected chi connectivity index (χ3v) is 4.35. The monoisotopic (exact) mass is 286 g/mol. The minimum atomic E-state index is 0.174. The number of ether oxygens (including phenoxy) is 2. The molecule has 1 aromatic carbocycles. The summed E-state index contributed by atoms with van der Waals surface area (Å²) in [6.45, 7) is 0.679. The fourth-order valence-corrected chi connectivity index (χ4v) is 3.17. The number of hydrogen-bond acceptors (Lipinski definition) is 4. The van der Waals surface area contributed by atoms with Crippen molar-refractivity contribution in [3.63, 3.8) is 0 Å². The first-order chi connectivity index (χ1) is 10.3. The summed E-state index contributed by atoms with van der Waals surface area (Å²) >= 11 is 0. The van der Waals surface area contributed by atoms with E-state index in [-0.39, 0.29) is 6.10 Å². The Labute approximate surface area is 125 Å². The number of benzene rings is 1. The van der Waals surface area contributed by atoms with E-state index < -0.39 is 0 Å². The molecule has 1 saturated carbocycles. The number of rotatable bonds is 4. The molecule has 1 heterocycles. The van der Waals surface area contributed by atoms with Gasteiger partial charge < -0.3 is 15.2 Å². The zero-order valence-electron chi connectivity index (χ0n) is 12.4. The first-order valence-electron chi connectivity index (χ1n) is 7.62. The van der Waals surface area contributed by atoms with E-state index in [1.165, 1.54) is 12.8 Å². The maximum atomic E-state index is 6.22. The molecule has 0 amide bonds. The topological polar surface area (TPSA) is 57.4 Å². The normalized spacial score (nSPS) is 22.2. The molecular formula is C17H22N2O2. The molecule has 2 atom stereocenters. The highest BCUT2D eigenvalue weighted by Gasteiger charge is 2.26. The highest BCUT2D eigenvalue weighted by atomic mass is 16.5. The van der Waals surface area contributed by atoms with Crippen LogP contribution in [0.15, 0.2) is 30.5 Å². The maximum Gasteiger partial charge on any atom is 0.221 e. The molecule has 4 heteroatoms. The number of methoxy groups -OCH3 is 1. The lowest BCUT2D eigenvalue weighted by Crippen LogP contribution is -2.35. The Morgan fingerprint density at radius 3 is 2.86 bits per heavy atom. The van der Waals surface area contributed by atoms with Crippen LogP contribution >= 0.6 is 0 Å². The van der Waals surface area contributed by atoms with Crippen molar-refractivity contribution in [2.75, 3.05) is 13.7 Å². The van der Waals surface area contributed by atoms with Gasteiger partial charge in [0, 0.05) is 22.9 Å². The third-order valence-electron chi connectivity index (χ3n) is 4.35. The van der Waals surface area contributed by atoms with Gasteiger partial charge in [0.25, 0.3) is 0 Å². The summed E-state index contributed by atoms with van der Waals surface area (Å²) in [5.74, 6) is 1.97. The van der Waals surface area contributed by atoms with Gasteiger partial charge in [-0.3, -0.25) is 0 Å². The van der Waals surface area contributed by atoms with E-state index >= 15 is 0 Å². The predicted molar refractivity (Wildman–Crippen MR) is 83.7 cm³/mol. The number of nitrogens with zero attached hydrogens (tertiary/aromatic N) is 1. The lowest BCUT2D eigenvalue weighted by atomic mass is 9.86. The van der Waals surface area contributed by atoms with Crippen LogP contribution in [-0.2, 0) is 0 Å². The standard InChI is InChI=1S/C17H22N2O2/c1-20-16-8-4-6-14-13(16)9-10-19-17(14)21-15-7-3-2-5-12(15)11-18/h4,6,8-10,12,15H,2-3,5,7,11,18H2,1H3. The van der Waals surface area contributed by atoms with Crippen LogP contribution in [-0.4, -0.2) is 24.7 Å². The molecule has 0 bridgehead atoms. The van der Waals surface area contributed by atoms with Gasteiger partial charge in [0.1, 0.15) is 11.9 Å². The minimum absolute atomic E-state index is 0.174. The molecule has 2 aromatic rings. The highest BCUT2D eigenvalue weighted by Crippen LogP contribution is 2.33. The predicted octanol–water partition coefficient (Wildman–Crippen LogP) is 3.14. The quantitative estimate of drug-likeness (QED) is 0.938. The molecular weight excluding hydrogens is 264 g/mol. The van der Waals surface area contributed by atoms with E-state index in [9.17, 15) is 0 Å². The number of fused-ring (bicyclic) bond motifs is 1. The maximum absolute atomic E-state index is 6.22. The van der Waals surface area contributed by atoms with Crippen LogP contribution in [0.3, 0.4) is 0 Å². The first-order valence-corrected chi connectivity index (χ1v) is 7.62. The van der Waals surface area contributed by atoms with Crippen molar-refractivity contribution in [2.45, 2.75) is 31.8 Å². The second-order valence-corrected chi connectivity index (χ2v) is 5.61. The lowest BCUT2D eigenvalue weighted by molar-refractivity contribution is 0.0940. The van der Waals surface area contributed by atoms with E-state index in [4.69, 9.17) is 15.2 Å². The number of aromatic nitrogens is 1. The van der Waals surface area contributed by atoms with E-state index in [2.05, 4.69) is 4.98 Å². The van der Waals surface area contributed by atoms with Crippen molar-refractivity contribution < 1.29 is 9.47 Å². The van der Waals surface area contributed by atoms with Crippen LogP contribution in [0.1, 0.15) is 25.7 Å². The van der Waals surface area contributed by atoms with E-state index in [1.807, 2.05) is 24.3 Å². The van der Waals surface area contributed by atoms with E-state index in [0.29, 0.717) is 18.3 Å². The highest BCUT2D eigenvalue weighted by molar-refractivity contribution is 5.91. The molecule has 0 saturated heterocycles. The van der Waals surface area contributed by atoms with Gasteiger partial charge in [0.05, 0.1) is 7.11 Å². The van der Waals surface area contributed by atoms with Crippen LogP contribution in [0.5, 0.6) is 11.6 Å². The molecule has 1 aliphatic rings. The summed E-state index contributed by atoms with van der Waals surface area (Å²) in [5, 5.41) is 2.03. The van der Waals surface area contributed by atoms with Crippen LogP contribution in [0, 0.1) is 5.92 Å². The van der Waals surface area contributed by atoms with Gasteiger partial charge in [-0.05, 0) is 44.0 Å². The Bertz CT molecular complexity index is 615. The van der Waals surface area contributed by atoms with Gasteiger partial charge in [0.2, 0.25) is 5.88 Å². The molecule has 112 valence electrons. The summed E-state index contributed by atoms with van der Waals surface area (Å²) in [4.78, 5) is 4.43. The Kier molecular flexibility index (Phi) is 4.25. The summed E-state index contributed by atoms with van der Waals surface area (Å²) in [5.41, 5.74) is 5.89. The second-order valence-electron chi connectivity index (χ2n) is 5.61. The van der Waals surface area contributed by atoms with Crippen LogP contribution in [0.25, 0.3) is 10.8 Å². The van der Waals surface area contributed by atoms with Crippen molar-refractivity contribution in [1.82, 2.24) is 4.98 Å². The van der Waals surface area contributed by atoms with E-state index in [0.717, 1.165) is 29.4 Å². The second kappa shape index (κ2) is 6.31. The summed E-state index contributed by atoms with van der Waals surface area (Å²) in [7, 11) is 1.68. The lowest BCUT2D eigenvalue weighted by Gasteiger charge is -2.30. The Hall–Kier alpha value is -1.81. The molecule has 21 heavy (non-hydrogen) atoms. The molecule has 2 N–H and O–H groups in total. The van der Waals surface area contributed by atoms with E-state index in [1.54, 1.807) is 13.3 Å². The SMILES string of the molecule is COc1cccc2c(OC3CCCCC3CN)nccc12. The van der Waals surface area contributed by atoms with Gasteiger partial charge in [0.15, 0.2) is 0 Å². The van der Waals surface area contributed by atoms with Gasteiger partial charge >= 0.3 is 0 Å². The summed E-state index contributed by atoms with van der Waals surface area (Å²) < 4.78 is 11.6. The smallest absolute Gasteiger partial charge is 0.221 e. The molecule has 0 radical (unpaired) electrons. The average Bonchev–Trinajstić information content (AvgIpc) is 2.55. The summed E-state index contributed by atoms with van der Waals surface area (Å²) in [6.07, 6.45) is 6.61. The van der Waals surface area contributed by atoms with Crippen LogP contribution in [0.4, 0.5) is 0 Å². The zero-order valence-corrected chi connectivity index (χ0v) is 12.4. The van der Waals surface area contributed by atoms with Gasteiger partial charge in [-0.25, -0.2) is 4.98 Å². The van der Waals surface area contributed by atoms with Crippen molar-refractivity contribution in [3.05, 3.63) is 30.5 Å². The van der Waals surface area contributed by atoms with Crippen LogP contribution in [0.2, 0.25) is 0 Å². The third kappa shape index (κ3) is 2.81. The van der Waals surface area contributed by atoms with Crippen LogP contribution < -0.4 is 15.2 Å². The number of pyridine rings is 1. The Balaban J connectivity index is 1.93.